The predicted octanol–water partition coefficient (Wildman–Crippen LogP) is 2.95. The number of hydrogen-bond acceptors (Lipinski definition) is 3. The molecule has 2 aliphatic rings. The van der Waals surface area contributed by atoms with Gasteiger partial charge in [0, 0.05) is 25.4 Å². The Balaban J connectivity index is 1.95. The summed E-state index contributed by atoms with van der Waals surface area (Å²) >= 11 is 0. The molecule has 0 heterocycles. The van der Waals surface area contributed by atoms with E-state index in [2.05, 4.69) is 0 Å². The van der Waals surface area contributed by atoms with E-state index in [-0.39, 0.29) is 30.1 Å². The molecule has 0 spiro atoms. The molecule has 1 saturated carbocycles. The van der Waals surface area contributed by atoms with Gasteiger partial charge in [0.2, 0.25) is 5.91 Å². The fourth-order valence-corrected chi connectivity index (χ4v) is 3.30. The molecule has 0 N–H and O–H groups in total. The fourth-order valence-electron chi connectivity index (χ4n) is 3.30. The van der Waals surface area contributed by atoms with Gasteiger partial charge < -0.3 is 4.90 Å². The van der Waals surface area contributed by atoms with Crippen molar-refractivity contribution in [2.75, 3.05) is 13.6 Å². The van der Waals surface area contributed by atoms with E-state index < -0.39 is 23.2 Å². The molecule has 2 rings (SSSR count). The number of halogens is 2. The van der Waals surface area contributed by atoms with Crippen LogP contribution in [-0.2, 0) is 9.59 Å². The van der Waals surface area contributed by atoms with Crippen LogP contribution in [0.5, 0.6) is 0 Å². The summed E-state index contributed by atoms with van der Waals surface area (Å²) in [5.41, 5.74) is -0.445. The molecule has 0 aromatic carbocycles. The monoisotopic (exact) mass is 324 g/mol. The van der Waals surface area contributed by atoms with Gasteiger partial charge in [0.05, 0.1) is 5.57 Å². The van der Waals surface area contributed by atoms with Crippen molar-refractivity contribution in [3.05, 3.63) is 11.6 Å². The first-order valence-electron chi connectivity index (χ1n) is 7.88. The molecule has 0 bridgehead atoms. The molecule has 0 radical (unpaired) electrons. The number of carbonyl (C=O) groups is 2. The third kappa shape index (κ3) is 3.44. The summed E-state index contributed by atoms with van der Waals surface area (Å²) in [5.74, 6) is -4.75. The van der Waals surface area contributed by atoms with Crippen molar-refractivity contribution in [3.8, 4) is 6.07 Å². The first kappa shape index (κ1) is 17.6. The number of amides is 1. The van der Waals surface area contributed by atoms with Crippen LogP contribution < -0.4 is 0 Å². The van der Waals surface area contributed by atoms with Gasteiger partial charge in [-0.25, -0.2) is 8.78 Å². The standard InChI is InChI=1S/C17H22F2N2O2/c1-16(2)9-11(8-12(10-20)14(16)22)5-7-21(3)15(23)13-4-6-17(13,18)19/h8,11,13H,4-7,9H2,1-3H3. The number of allylic oxidation sites excluding steroid dienone is 2. The molecule has 2 atom stereocenters. The van der Waals surface area contributed by atoms with Gasteiger partial charge in [-0.3, -0.25) is 9.59 Å². The van der Waals surface area contributed by atoms with Gasteiger partial charge in [-0.05, 0) is 25.2 Å². The Hall–Kier alpha value is -1.77. The Bertz CT molecular complexity index is 590. The number of hydrogen-bond donors (Lipinski definition) is 0. The molecule has 1 amide bonds. The number of alkyl halides is 2. The maximum atomic E-state index is 13.3. The van der Waals surface area contributed by atoms with E-state index in [0.717, 1.165) is 0 Å². The van der Waals surface area contributed by atoms with E-state index in [1.807, 2.05) is 6.07 Å². The van der Waals surface area contributed by atoms with Crippen molar-refractivity contribution in [2.45, 2.75) is 45.5 Å². The van der Waals surface area contributed by atoms with Crippen LogP contribution in [0.15, 0.2) is 11.6 Å². The molecule has 0 aromatic heterocycles. The molecular formula is C17H22F2N2O2. The SMILES string of the molecule is CN(CCC1C=C(C#N)C(=O)C(C)(C)C1)C(=O)C1CCC1(F)F. The Kier molecular flexibility index (Phi) is 4.61. The minimum Gasteiger partial charge on any atom is -0.345 e. The lowest BCUT2D eigenvalue weighted by Gasteiger charge is -2.38. The first-order chi connectivity index (χ1) is 10.6. The van der Waals surface area contributed by atoms with Crippen LogP contribution in [0.25, 0.3) is 0 Å². The topological polar surface area (TPSA) is 61.2 Å². The minimum absolute atomic E-state index is 0.00509. The van der Waals surface area contributed by atoms with Crippen molar-refractivity contribution in [1.29, 1.82) is 5.26 Å². The van der Waals surface area contributed by atoms with Crippen LogP contribution in [0.3, 0.4) is 0 Å². The number of Topliss-reactive ketones (excluding diaryl/α,β-unsaturated/α-hetero) is 1. The zero-order valence-corrected chi connectivity index (χ0v) is 13.7. The van der Waals surface area contributed by atoms with Gasteiger partial charge in [0.1, 0.15) is 12.0 Å². The van der Waals surface area contributed by atoms with Crippen LogP contribution >= 0.6 is 0 Å². The fraction of sp³-hybridized carbons (Fsp3) is 0.706. The molecule has 2 unspecified atom stereocenters. The summed E-state index contributed by atoms with van der Waals surface area (Å²) in [6, 6.07) is 1.93. The lowest BCUT2D eigenvalue weighted by atomic mass is 9.71. The number of carbonyl (C=O) groups excluding carboxylic acids is 2. The highest BCUT2D eigenvalue weighted by atomic mass is 19.3. The van der Waals surface area contributed by atoms with Crippen LogP contribution in [0.2, 0.25) is 0 Å². The summed E-state index contributed by atoms with van der Waals surface area (Å²) in [6.07, 6.45) is 2.83. The van der Waals surface area contributed by atoms with Crippen molar-refractivity contribution in [3.63, 3.8) is 0 Å². The second-order valence-corrected chi connectivity index (χ2v) is 7.27. The second-order valence-electron chi connectivity index (χ2n) is 7.27. The van der Waals surface area contributed by atoms with Gasteiger partial charge in [-0.2, -0.15) is 5.26 Å². The Labute approximate surface area is 135 Å². The Morgan fingerprint density at radius 1 is 1.48 bits per heavy atom. The van der Waals surface area contributed by atoms with Crippen molar-refractivity contribution < 1.29 is 18.4 Å². The largest absolute Gasteiger partial charge is 0.345 e. The lowest BCUT2D eigenvalue weighted by molar-refractivity contribution is -0.170. The van der Waals surface area contributed by atoms with Crippen molar-refractivity contribution in [2.24, 2.45) is 17.3 Å². The summed E-state index contributed by atoms with van der Waals surface area (Å²) < 4.78 is 26.6. The molecule has 0 saturated heterocycles. The summed E-state index contributed by atoms with van der Waals surface area (Å²) in [4.78, 5) is 25.4. The Morgan fingerprint density at radius 2 is 2.13 bits per heavy atom. The predicted molar refractivity (Wildman–Crippen MR) is 80.5 cm³/mol. The zero-order chi connectivity index (χ0) is 17.4. The highest BCUT2D eigenvalue weighted by molar-refractivity contribution is 6.03. The van der Waals surface area contributed by atoms with Gasteiger partial charge in [0.25, 0.3) is 5.92 Å². The van der Waals surface area contributed by atoms with E-state index in [0.29, 0.717) is 19.4 Å². The van der Waals surface area contributed by atoms with Gasteiger partial charge in [0.15, 0.2) is 5.78 Å². The third-order valence-corrected chi connectivity index (χ3v) is 4.94. The number of nitrogens with zero attached hydrogens (tertiary/aromatic N) is 2. The minimum atomic E-state index is -2.88. The van der Waals surface area contributed by atoms with Crippen LogP contribution in [0, 0.1) is 28.6 Å². The Morgan fingerprint density at radius 3 is 2.61 bits per heavy atom. The molecule has 0 aromatic rings. The second kappa shape index (κ2) is 6.03. The molecule has 23 heavy (non-hydrogen) atoms. The number of nitriles is 1. The highest BCUT2D eigenvalue weighted by Crippen LogP contribution is 2.44. The summed E-state index contributed by atoms with van der Waals surface area (Å²) in [7, 11) is 1.53. The normalized spacial score (nSPS) is 28.3. The van der Waals surface area contributed by atoms with Crippen molar-refractivity contribution >= 4 is 11.7 Å². The molecule has 4 nitrogen and oxygen atoms in total. The summed E-state index contributed by atoms with van der Waals surface area (Å²) in [6.45, 7) is 3.95. The maximum Gasteiger partial charge on any atom is 0.259 e. The van der Waals surface area contributed by atoms with E-state index in [9.17, 15) is 18.4 Å². The van der Waals surface area contributed by atoms with E-state index >= 15 is 0 Å². The van der Waals surface area contributed by atoms with E-state index in [1.165, 1.54) is 11.9 Å². The third-order valence-electron chi connectivity index (χ3n) is 4.94. The smallest absolute Gasteiger partial charge is 0.259 e. The zero-order valence-electron chi connectivity index (χ0n) is 13.7. The quantitative estimate of drug-likeness (QED) is 0.799. The lowest BCUT2D eigenvalue weighted by Crippen LogP contribution is -2.49. The van der Waals surface area contributed by atoms with Crippen LogP contribution in [0.1, 0.15) is 39.5 Å². The maximum absolute atomic E-state index is 13.3. The van der Waals surface area contributed by atoms with Crippen LogP contribution in [0.4, 0.5) is 8.78 Å². The number of rotatable bonds is 4. The number of ketones is 1. The molecule has 1 fully saturated rings. The first-order valence-corrected chi connectivity index (χ1v) is 7.88. The van der Waals surface area contributed by atoms with Gasteiger partial charge in [-0.15, -0.1) is 0 Å². The van der Waals surface area contributed by atoms with Gasteiger partial charge in [-0.1, -0.05) is 19.9 Å². The molecule has 0 aliphatic heterocycles. The average Bonchev–Trinajstić information content (AvgIpc) is 2.46. The summed E-state index contributed by atoms with van der Waals surface area (Å²) in [5, 5.41) is 9.06. The van der Waals surface area contributed by atoms with E-state index in [1.54, 1.807) is 19.9 Å². The van der Waals surface area contributed by atoms with E-state index in [4.69, 9.17) is 5.26 Å². The van der Waals surface area contributed by atoms with Crippen LogP contribution in [-0.4, -0.2) is 36.1 Å². The average molecular weight is 324 g/mol. The van der Waals surface area contributed by atoms with Crippen molar-refractivity contribution in [1.82, 2.24) is 4.90 Å². The molecular weight excluding hydrogens is 302 g/mol. The molecule has 6 heteroatoms. The molecule has 2 aliphatic carbocycles. The van der Waals surface area contributed by atoms with Gasteiger partial charge >= 0.3 is 0 Å². The highest BCUT2D eigenvalue weighted by Gasteiger charge is 2.53. The molecule has 126 valence electrons.